The van der Waals surface area contributed by atoms with Crippen LogP contribution in [-0.2, 0) is 26.2 Å². The quantitative estimate of drug-likeness (QED) is 0.327. The lowest BCUT2D eigenvalue weighted by atomic mass is 10.1. The predicted octanol–water partition coefficient (Wildman–Crippen LogP) is 4.60. The van der Waals surface area contributed by atoms with Crippen LogP contribution in [0.3, 0.4) is 0 Å². The molecule has 0 aliphatic heterocycles. The van der Waals surface area contributed by atoms with Gasteiger partial charge in [-0.1, -0.05) is 59.3 Å². The number of benzene rings is 3. The van der Waals surface area contributed by atoms with E-state index in [2.05, 4.69) is 21.2 Å². The van der Waals surface area contributed by atoms with Gasteiger partial charge in [0.15, 0.2) is 0 Å². The number of nitrogens with zero attached hydrogens (tertiary/aromatic N) is 2. The Kier molecular flexibility index (Phi) is 10.3. The topological polar surface area (TPSA) is 96.0 Å². The number of hydrogen-bond donors (Lipinski definition) is 1. The minimum atomic E-state index is -4.10. The summed E-state index contributed by atoms with van der Waals surface area (Å²) < 4.78 is 34.5. The highest BCUT2D eigenvalue weighted by molar-refractivity contribution is 9.10. The maximum absolute atomic E-state index is 13.9. The van der Waals surface area contributed by atoms with Crippen molar-refractivity contribution in [2.75, 3.05) is 24.5 Å². The first-order valence-corrected chi connectivity index (χ1v) is 14.5. The summed E-state index contributed by atoms with van der Waals surface area (Å²) in [6, 6.07) is 21.1. The summed E-state index contributed by atoms with van der Waals surface area (Å²) in [7, 11) is -2.53. The average Bonchev–Trinajstić information content (AvgIpc) is 2.92. The van der Waals surface area contributed by atoms with Crippen molar-refractivity contribution in [1.82, 2.24) is 10.2 Å². The van der Waals surface area contributed by atoms with E-state index in [4.69, 9.17) is 4.74 Å². The van der Waals surface area contributed by atoms with Gasteiger partial charge in [0.2, 0.25) is 11.8 Å². The van der Waals surface area contributed by atoms with Crippen molar-refractivity contribution in [3.8, 4) is 5.75 Å². The fraction of sp³-hybridized carbons (Fsp3) is 0.286. The van der Waals surface area contributed by atoms with E-state index in [0.29, 0.717) is 28.9 Å². The number of halogens is 1. The number of sulfonamides is 1. The van der Waals surface area contributed by atoms with Crippen LogP contribution in [0, 0.1) is 0 Å². The van der Waals surface area contributed by atoms with Gasteiger partial charge in [0, 0.05) is 17.6 Å². The highest BCUT2D eigenvalue weighted by Crippen LogP contribution is 2.27. The van der Waals surface area contributed by atoms with Gasteiger partial charge in [-0.3, -0.25) is 13.9 Å². The number of ether oxygens (including phenoxy) is 1. The number of methoxy groups -OCH3 is 1. The first kappa shape index (κ1) is 29.2. The van der Waals surface area contributed by atoms with Crippen molar-refractivity contribution in [2.24, 2.45) is 0 Å². The van der Waals surface area contributed by atoms with Crippen LogP contribution in [0.1, 0.15) is 25.8 Å². The summed E-state index contributed by atoms with van der Waals surface area (Å²) in [6.45, 7) is 3.67. The molecular weight excluding hydrogens is 570 g/mol. The molecule has 0 saturated carbocycles. The van der Waals surface area contributed by atoms with Crippen molar-refractivity contribution < 1.29 is 22.7 Å². The number of carbonyl (C=O) groups excluding carboxylic acids is 2. The second-order valence-corrected chi connectivity index (χ2v) is 11.3. The number of hydrogen-bond acceptors (Lipinski definition) is 5. The predicted molar refractivity (Wildman–Crippen MR) is 151 cm³/mol. The molecule has 0 bridgehead atoms. The Bertz CT molecular complexity index is 1330. The van der Waals surface area contributed by atoms with Crippen LogP contribution >= 0.6 is 15.9 Å². The Hall–Kier alpha value is -3.37. The molecule has 0 saturated heterocycles. The highest BCUT2D eigenvalue weighted by atomic mass is 79.9. The van der Waals surface area contributed by atoms with Gasteiger partial charge in [-0.2, -0.15) is 0 Å². The van der Waals surface area contributed by atoms with Crippen molar-refractivity contribution in [3.63, 3.8) is 0 Å². The van der Waals surface area contributed by atoms with Crippen molar-refractivity contribution in [2.45, 2.75) is 37.8 Å². The summed E-state index contributed by atoms with van der Waals surface area (Å²) in [5.41, 5.74) is 1.11. The zero-order chi connectivity index (χ0) is 27.7. The van der Waals surface area contributed by atoms with Gasteiger partial charge in [0.25, 0.3) is 10.0 Å². The van der Waals surface area contributed by atoms with Gasteiger partial charge in [-0.25, -0.2) is 8.42 Å². The number of rotatable bonds is 12. The SMILES string of the molecule is CCNC(=O)[C@@H](CC)N(Cc1ccc(OC)cc1)C(=O)CN(c1cccc(Br)c1)S(=O)(=O)c1ccccc1. The molecule has 8 nitrogen and oxygen atoms in total. The van der Waals surface area contributed by atoms with Gasteiger partial charge >= 0.3 is 0 Å². The van der Waals surface area contributed by atoms with Crippen LogP contribution in [-0.4, -0.2) is 51.4 Å². The number of amides is 2. The van der Waals surface area contributed by atoms with Gasteiger partial charge in [0.05, 0.1) is 17.7 Å². The Balaban J connectivity index is 2.04. The molecule has 1 N–H and O–H groups in total. The number of anilines is 1. The van der Waals surface area contributed by atoms with Crippen LogP contribution in [0.4, 0.5) is 5.69 Å². The lowest BCUT2D eigenvalue weighted by Gasteiger charge is -2.33. The number of nitrogens with one attached hydrogen (secondary N) is 1. The van der Waals surface area contributed by atoms with E-state index < -0.39 is 28.5 Å². The maximum atomic E-state index is 13.9. The van der Waals surface area contributed by atoms with Crippen LogP contribution in [0.25, 0.3) is 0 Å². The maximum Gasteiger partial charge on any atom is 0.264 e. The molecule has 2 amide bonds. The van der Waals surface area contributed by atoms with E-state index in [-0.39, 0.29) is 17.3 Å². The molecule has 0 unspecified atom stereocenters. The van der Waals surface area contributed by atoms with Crippen LogP contribution in [0.5, 0.6) is 5.75 Å². The van der Waals surface area contributed by atoms with E-state index >= 15 is 0 Å². The number of likely N-dealkylation sites (N-methyl/N-ethyl adjacent to an activating group) is 1. The molecule has 0 radical (unpaired) electrons. The molecule has 1 atom stereocenters. The third kappa shape index (κ3) is 7.14. The lowest BCUT2D eigenvalue weighted by Crippen LogP contribution is -2.52. The van der Waals surface area contributed by atoms with E-state index in [1.165, 1.54) is 17.0 Å². The van der Waals surface area contributed by atoms with E-state index in [0.717, 1.165) is 9.87 Å². The minimum absolute atomic E-state index is 0.0604. The largest absolute Gasteiger partial charge is 0.497 e. The van der Waals surface area contributed by atoms with Crippen molar-refractivity contribution >= 4 is 43.5 Å². The van der Waals surface area contributed by atoms with Gasteiger partial charge < -0.3 is 15.0 Å². The first-order chi connectivity index (χ1) is 18.2. The molecular formula is C28H32BrN3O5S. The molecule has 3 aromatic rings. The van der Waals surface area contributed by atoms with Crippen LogP contribution in [0.15, 0.2) is 88.2 Å². The standard InChI is InChI=1S/C28H32BrN3O5S/c1-4-26(28(34)30-5-2)31(19-21-14-16-24(37-3)17-15-21)27(33)20-32(23-11-9-10-22(29)18-23)38(35,36)25-12-7-6-8-13-25/h6-18,26H,4-5,19-20H2,1-3H3,(H,30,34)/t26-/m1/s1. The summed E-state index contributed by atoms with van der Waals surface area (Å²) >= 11 is 3.40. The summed E-state index contributed by atoms with van der Waals surface area (Å²) in [6.07, 6.45) is 0.357. The number of carbonyl (C=O) groups is 2. The zero-order valence-corrected chi connectivity index (χ0v) is 24.0. The molecule has 0 fully saturated rings. The van der Waals surface area contributed by atoms with E-state index in [1.54, 1.807) is 61.7 Å². The molecule has 3 aromatic carbocycles. The van der Waals surface area contributed by atoms with E-state index in [1.807, 2.05) is 26.0 Å². The molecule has 0 spiro atoms. The van der Waals surface area contributed by atoms with Crippen LogP contribution in [0.2, 0.25) is 0 Å². The molecule has 10 heteroatoms. The normalized spacial score (nSPS) is 11.9. The molecule has 3 rings (SSSR count). The average molecular weight is 603 g/mol. The molecule has 202 valence electrons. The Morgan fingerprint density at radius 2 is 1.66 bits per heavy atom. The first-order valence-electron chi connectivity index (χ1n) is 12.2. The Morgan fingerprint density at radius 3 is 2.24 bits per heavy atom. The summed E-state index contributed by atoms with van der Waals surface area (Å²) in [5.74, 6) is -0.132. The van der Waals surface area contributed by atoms with Gasteiger partial charge in [0.1, 0.15) is 18.3 Å². The third-order valence-electron chi connectivity index (χ3n) is 5.96. The van der Waals surface area contributed by atoms with Crippen LogP contribution < -0.4 is 14.4 Å². The zero-order valence-electron chi connectivity index (χ0n) is 21.6. The molecule has 0 aliphatic carbocycles. The molecule has 0 heterocycles. The summed E-state index contributed by atoms with van der Waals surface area (Å²) in [4.78, 5) is 28.4. The highest BCUT2D eigenvalue weighted by Gasteiger charge is 2.33. The second-order valence-electron chi connectivity index (χ2n) is 8.49. The molecule has 0 aliphatic rings. The van der Waals surface area contributed by atoms with Crippen molar-refractivity contribution in [1.29, 1.82) is 0 Å². The molecule has 38 heavy (non-hydrogen) atoms. The summed E-state index contributed by atoms with van der Waals surface area (Å²) in [5, 5.41) is 2.79. The fourth-order valence-electron chi connectivity index (χ4n) is 4.02. The lowest BCUT2D eigenvalue weighted by molar-refractivity contribution is -0.140. The third-order valence-corrected chi connectivity index (χ3v) is 8.24. The Morgan fingerprint density at radius 1 is 0.974 bits per heavy atom. The van der Waals surface area contributed by atoms with Gasteiger partial charge in [-0.05, 0) is 61.4 Å². The fourth-order valence-corrected chi connectivity index (χ4v) is 5.83. The van der Waals surface area contributed by atoms with E-state index in [9.17, 15) is 18.0 Å². The second kappa shape index (κ2) is 13.4. The smallest absolute Gasteiger partial charge is 0.264 e. The van der Waals surface area contributed by atoms with Crippen molar-refractivity contribution in [3.05, 3.63) is 88.9 Å². The Labute approximate surface area is 232 Å². The molecule has 0 aromatic heterocycles. The monoisotopic (exact) mass is 601 g/mol. The van der Waals surface area contributed by atoms with Gasteiger partial charge in [-0.15, -0.1) is 0 Å². The minimum Gasteiger partial charge on any atom is -0.497 e.